The summed E-state index contributed by atoms with van der Waals surface area (Å²) in [6, 6.07) is 4.60. The first kappa shape index (κ1) is 18.3. The van der Waals surface area contributed by atoms with Gasteiger partial charge in [-0.25, -0.2) is 12.8 Å². The molecule has 3 unspecified atom stereocenters. The molecule has 1 saturated carbocycles. The van der Waals surface area contributed by atoms with Crippen LogP contribution in [-0.2, 0) is 14.6 Å². The predicted octanol–water partition coefficient (Wildman–Crippen LogP) is 2.71. The van der Waals surface area contributed by atoms with Crippen molar-refractivity contribution in [3.63, 3.8) is 0 Å². The number of sulfone groups is 1. The van der Waals surface area contributed by atoms with Crippen LogP contribution in [0.1, 0.15) is 38.5 Å². The van der Waals surface area contributed by atoms with Crippen LogP contribution >= 0.6 is 0 Å². The monoisotopic (exact) mass is 369 g/mol. The molecule has 138 valence electrons. The van der Waals surface area contributed by atoms with Crippen LogP contribution < -0.4 is 0 Å². The van der Waals surface area contributed by atoms with Crippen molar-refractivity contribution in [2.75, 3.05) is 12.3 Å². The molecule has 1 aliphatic carbocycles. The lowest BCUT2D eigenvalue weighted by molar-refractivity contribution is -0.142. The second-order valence-corrected chi connectivity index (χ2v) is 9.17. The Morgan fingerprint density at radius 2 is 1.88 bits per heavy atom. The van der Waals surface area contributed by atoms with Crippen molar-refractivity contribution < 1.29 is 22.7 Å². The number of carboxylic acids is 1. The summed E-state index contributed by atoms with van der Waals surface area (Å²) in [5.74, 6) is -0.915. The van der Waals surface area contributed by atoms with Crippen LogP contribution in [0.4, 0.5) is 4.39 Å². The van der Waals surface area contributed by atoms with Gasteiger partial charge in [0.05, 0.1) is 10.6 Å². The van der Waals surface area contributed by atoms with Crippen LogP contribution in [0.3, 0.4) is 0 Å². The Morgan fingerprint density at radius 1 is 1.20 bits per heavy atom. The summed E-state index contributed by atoms with van der Waals surface area (Å²) in [5, 5.41) is 9.50. The van der Waals surface area contributed by atoms with E-state index in [1.165, 1.54) is 12.1 Å². The van der Waals surface area contributed by atoms with Gasteiger partial charge in [-0.3, -0.25) is 9.69 Å². The molecule has 1 aromatic rings. The van der Waals surface area contributed by atoms with Crippen LogP contribution in [0.15, 0.2) is 29.2 Å². The highest BCUT2D eigenvalue weighted by molar-refractivity contribution is 7.91. The third-order valence-electron chi connectivity index (χ3n) is 5.51. The van der Waals surface area contributed by atoms with Crippen molar-refractivity contribution in [3.8, 4) is 0 Å². The Bertz CT molecular complexity index is 719. The smallest absolute Gasteiger partial charge is 0.320 e. The summed E-state index contributed by atoms with van der Waals surface area (Å²) in [5.41, 5.74) is 0. The number of nitrogens with zero attached hydrogens (tertiary/aromatic N) is 1. The number of carboxylic acid groups (broad SMARTS) is 1. The molecule has 0 aromatic heterocycles. The number of fused-ring (bicyclic) bond motifs is 1. The molecule has 1 aliphatic heterocycles. The summed E-state index contributed by atoms with van der Waals surface area (Å²) in [7, 11) is -3.48. The van der Waals surface area contributed by atoms with Crippen molar-refractivity contribution in [1.82, 2.24) is 4.90 Å². The summed E-state index contributed by atoms with van der Waals surface area (Å²) in [4.78, 5) is 13.7. The van der Waals surface area contributed by atoms with Crippen molar-refractivity contribution in [2.45, 2.75) is 55.5 Å². The van der Waals surface area contributed by atoms with Crippen LogP contribution in [-0.4, -0.2) is 48.8 Å². The van der Waals surface area contributed by atoms with Crippen LogP contribution in [0.2, 0.25) is 0 Å². The lowest BCUT2D eigenvalue weighted by Crippen LogP contribution is -2.43. The summed E-state index contributed by atoms with van der Waals surface area (Å²) >= 11 is 0. The molecule has 1 aromatic carbocycles. The quantitative estimate of drug-likeness (QED) is 0.781. The van der Waals surface area contributed by atoms with E-state index >= 15 is 0 Å². The fraction of sp³-hybridized carbons (Fsp3) is 0.611. The highest BCUT2D eigenvalue weighted by Gasteiger charge is 2.44. The molecule has 0 radical (unpaired) electrons. The maximum Gasteiger partial charge on any atom is 0.320 e. The van der Waals surface area contributed by atoms with E-state index in [0.717, 1.165) is 37.8 Å². The summed E-state index contributed by atoms with van der Waals surface area (Å²) in [6.45, 7) is 0.471. The van der Waals surface area contributed by atoms with Gasteiger partial charge in [-0.15, -0.1) is 0 Å². The molecule has 0 spiro atoms. The average Bonchev–Trinajstić information content (AvgIpc) is 2.94. The molecule has 1 heterocycles. The largest absolute Gasteiger partial charge is 0.480 e. The molecule has 1 saturated heterocycles. The number of halogens is 1. The van der Waals surface area contributed by atoms with Gasteiger partial charge in [0.25, 0.3) is 0 Å². The highest BCUT2D eigenvalue weighted by atomic mass is 32.2. The molecule has 3 atom stereocenters. The van der Waals surface area contributed by atoms with Crippen LogP contribution in [0.5, 0.6) is 0 Å². The van der Waals surface area contributed by atoms with Gasteiger partial charge in [0.15, 0.2) is 9.84 Å². The summed E-state index contributed by atoms with van der Waals surface area (Å²) < 4.78 is 37.7. The average molecular weight is 369 g/mol. The van der Waals surface area contributed by atoms with Gasteiger partial charge in [0.2, 0.25) is 0 Å². The normalized spacial score (nSPS) is 27.2. The number of likely N-dealkylation sites (tertiary alicyclic amines) is 1. The maximum atomic E-state index is 13.0. The lowest BCUT2D eigenvalue weighted by Gasteiger charge is -2.32. The minimum Gasteiger partial charge on any atom is -0.480 e. The number of carbonyl (C=O) groups is 1. The Labute approximate surface area is 147 Å². The maximum absolute atomic E-state index is 13.0. The van der Waals surface area contributed by atoms with E-state index in [1.54, 1.807) is 0 Å². The Morgan fingerprint density at radius 3 is 2.56 bits per heavy atom. The molecule has 7 heteroatoms. The van der Waals surface area contributed by atoms with E-state index in [1.807, 2.05) is 4.90 Å². The van der Waals surface area contributed by atoms with E-state index < -0.39 is 27.7 Å². The Kier molecular flexibility index (Phi) is 5.43. The van der Waals surface area contributed by atoms with Crippen molar-refractivity contribution in [1.29, 1.82) is 0 Å². The number of rotatable bonds is 6. The third-order valence-corrected chi connectivity index (χ3v) is 7.33. The van der Waals surface area contributed by atoms with Gasteiger partial charge in [-0.1, -0.05) is 12.8 Å². The zero-order valence-electron chi connectivity index (χ0n) is 14.1. The lowest BCUT2D eigenvalue weighted by atomic mass is 9.85. The van der Waals surface area contributed by atoms with Gasteiger partial charge in [0, 0.05) is 12.6 Å². The standard InChI is InChI=1S/C18H24FNO4S/c19-14-6-8-15(9-7-14)25(23,24)11-3-10-20-16-5-2-1-4-13(16)12-17(20)18(21)22/h6-9,13,16-17H,1-5,10-12H2,(H,21,22). The molecule has 0 bridgehead atoms. The SMILES string of the molecule is O=C(O)C1CC2CCCCC2N1CCCS(=O)(=O)c1ccc(F)cc1. The zero-order chi connectivity index (χ0) is 18.0. The van der Waals surface area contributed by atoms with Crippen molar-refractivity contribution >= 4 is 15.8 Å². The summed E-state index contributed by atoms with van der Waals surface area (Å²) in [6.07, 6.45) is 5.38. The number of aliphatic carboxylic acids is 1. The first-order valence-electron chi connectivity index (χ1n) is 8.85. The third kappa shape index (κ3) is 4.03. The van der Waals surface area contributed by atoms with E-state index in [-0.39, 0.29) is 16.7 Å². The fourth-order valence-electron chi connectivity index (χ4n) is 4.31. The van der Waals surface area contributed by atoms with Gasteiger partial charge < -0.3 is 5.11 Å². The predicted molar refractivity (Wildman–Crippen MR) is 91.6 cm³/mol. The second kappa shape index (κ2) is 7.41. The van der Waals surface area contributed by atoms with E-state index in [2.05, 4.69) is 0 Å². The van der Waals surface area contributed by atoms with E-state index in [4.69, 9.17) is 0 Å². The first-order valence-corrected chi connectivity index (χ1v) is 10.5. The Hall–Kier alpha value is -1.47. The van der Waals surface area contributed by atoms with Crippen LogP contribution in [0, 0.1) is 11.7 Å². The molecule has 25 heavy (non-hydrogen) atoms. The zero-order valence-corrected chi connectivity index (χ0v) is 14.9. The van der Waals surface area contributed by atoms with E-state index in [9.17, 15) is 22.7 Å². The molecular weight excluding hydrogens is 345 g/mol. The number of hydrogen-bond donors (Lipinski definition) is 1. The number of benzene rings is 1. The Balaban J connectivity index is 1.63. The van der Waals surface area contributed by atoms with Gasteiger partial charge in [0.1, 0.15) is 11.9 Å². The minimum absolute atomic E-state index is 0.0567. The molecule has 2 aliphatic rings. The molecule has 1 N–H and O–H groups in total. The topological polar surface area (TPSA) is 74.7 Å². The second-order valence-electron chi connectivity index (χ2n) is 7.07. The van der Waals surface area contributed by atoms with Crippen LogP contribution in [0.25, 0.3) is 0 Å². The minimum atomic E-state index is -3.48. The highest BCUT2D eigenvalue weighted by Crippen LogP contribution is 2.39. The van der Waals surface area contributed by atoms with Gasteiger partial charge in [-0.05, 0) is 55.9 Å². The molecule has 0 amide bonds. The molecule has 5 nitrogen and oxygen atoms in total. The van der Waals surface area contributed by atoms with E-state index in [0.29, 0.717) is 25.3 Å². The van der Waals surface area contributed by atoms with Gasteiger partial charge >= 0.3 is 5.97 Å². The molecule has 3 rings (SSSR count). The number of hydrogen-bond acceptors (Lipinski definition) is 4. The van der Waals surface area contributed by atoms with Gasteiger partial charge in [-0.2, -0.15) is 0 Å². The van der Waals surface area contributed by atoms with Crippen molar-refractivity contribution in [3.05, 3.63) is 30.1 Å². The molecule has 2 fully saturated rings. The molecular formula is C18H24FNO4S. The first-order chi connectivity index (χ1) is 11.9. The van der Waals surface area contributed by atoms with Crippen molar-refractivity contribution in [2.24, 2.45) is 5.92 Å². The fourth-order valence-corrected chi connectivity index (χ4v) is 5.61.